The number of hydrogen-bond acceptors (Lipinski definition) is 8. The molecule has 1 aromatic heterocycles. The van der Waals surface area contributed by atoms with E-state index in [4.69, 9.17) is 9.47 Å². The molecule has 2 amide bonds. The zero-order chi connectivity index (χ0) is 24.3. The van der Waals surface area contributed by atoms with E-state index in [0.29, 0.717) is 24.1 Å². The van der Waals surface area contributed by atoms with Crippen molar-refractivity contribution in [2.75, 3.05) is 55.9 Å². The van der Waals surface area contributed by atoms with Crippen molar-refractivity contribution in [1.29, 1.82) is 0 Å². The third-order valence-corrected chi connectivity index (χ3v) is 5.34. The standard InChI is InChI=1S/C21H23F3N6O4/c1-33-11-18(32)30-4-5-34-14(10-30)8-25-19-15(21(22,23)24)9-26-20(29-19)27-13-2-3-16-12(6-13)7-17(31)28-16/h2-3,6,9,14H,4-5,7-8,10-11H2,1H3,(H,28,31)(H2,25,26,27,29). The number of morpholine rings is 1. The van der Waals surface area contributed by atoms with Crippen molar-refractivity contribution in [2.24, 2.45) is 0 Å². The van der Waals surface area contributed by atoms with E-state index in [9.17, 15) is 22.8 Å². The van der Waals surface area contributed by atoms with Gasteiger partial charge in [0.25, 0.3) is 0 Å². The van der Waals surface area contributed by atoms with Crippen LogP contribution in [0.3, 0.4) is 0 Å². The first-order valence-corrected chi connectivity index (χ1v) is 10.5. The largest absolute Gasteiger partial charge is 0.421 e. The molecule has 0 aliphatic carbocycles. The molecule has 1 fully saturated rings. The molecule has 0 spiro atoms. The quantitative estimate of drug-likeness (QED) is 0.551. The summed E-state index contributed by atoms with van der Waals surface area (Å²) in [7, 11) is 1.41. The monoisotopic (exact) mass is 480 g/mol. The van der Waals surface area contributed by atoms with Crippen LogP contribution in [0, 0.1) is 0 Å². The summed E-state index contributed by atoms with van der Waals surface area (Å²) in [5.74, 6) is -0.801. The number of fused-ring (bicyclic) bond motifs is 1. The van der Waals surface area contributed by atoms with Crippen molar-refractivity contribution in [3.63, 3.8) is 0 Å². The zero-order valence-electron chi connectivity index (χ0n) is 18.2. The van der Waals surface area contributed by atoms with E-state index in [2.05, 4.69) is 25.9 Å². The molecule has 0 bridgehead atoms. The number of nitrogens with one attached hydrogen (secondary N) is 3. The summed E-state index contributed by atoms with van der Waals surface area (Å²) in [4.78, 5) is 32.9. The first-order valence-electron chi connectivity index (χ1n) is 10.5. The predicted octanol–water partition coefficient (Wildman–Crippen LogP) is 2.02. The van der Waals surface area contributed by atoms with Gasteiger partial charge < -0.3 is 30.3 Å². The van der Waals surface area contributed by atoms with Gasteiger partial charge in [-0.05, 0) is 23.8 Å². The molecular formula is C21H23F3N6O4. The number of methoxy groups -OCH3 is 1. The maximum atomic E-state index is 13.5. The molecule has 34 heavy (non-hydrogen) atoms. The fourth-order valence-electron chi connectivity index (χ4n) is 3.72. The Morgan fingerprint density at radius 3 is 2.97 bits per heavy atom. The van der Waals surface area contributed by atoms with Gasteiger partial charge in [0.1, 0.15) is 18.0 Å². The van der Waals surface area contributed by atoms with Gasteiger partial charge in [-0.25, -0.2) is 4.98 Å². The first kappa shape index (κ1) is 23.7. The lowest BCUT2D eigenvalue weighted by Crippen LogP contribution is -2.49. The molecule has 0 saturated carbocycles. The van der Waals surface area contributed by atoms with Gasteiger partial charge in [-0.1, -0.05) is 0 Å². The first-order chi connectivity index (χ1) is 16.2. The molecule has 3 heterocycles. The average molecular weight is 480 g/mol. The summed E-state index contributed by atoms with van der Waals surface area (Å²) >= 11 is 0. The Kier molecular flexibility index (Phi) is 6.84. The third kappa shape index (κ3) is 5.54. The van der Waals surface area contributed by atoms with Gasteiger partial charge in [0, 0.05) is 44.3 Å². The van der Waals surface area contributed by atoms with E-state index < -0.39 is 23.7 Å². The molecule has 2 aliphatic rings. The second kappa shape index (κ2) is 9.81. The highest BCUT2D eigenvalue weighted by Crippen LogP contribution is 2.34. The highest BCUT2D eigenvalue weighted by atomic mass is 19.4. The highest BCUT2D eigenvalue weighted by Gasteiger charge is 2.36. The van der Waals surface area contributed by atoms with Crippen molar-refractivity contribution in [1.82, 2.24) is 14.9 Å². The molecule has 0 radical (unpaired) electrons. The van der Waals surface area contributed by atoms with Gasteiger partial charge in [0.05, 0.1) is 19.1 Å². The van der Waals surface area contributed by atoms with Gasteiger partial charge in [0.15, 0.2) is 0 Å². The van der Waals surface area contributed by atoms with E-state index in [0.717, 1.165) is 5.56 Å². The summed E-state index contributed by atoms with van der Waals surface area (Å²) in [6.07, 6.45) is -4.28. The van der Waals surface area contributed by atoms with Crippen LogP contribution in [0.15, 0.2) is 24.4 Å². The Labute approximate surface area is 192 Å². The number of carbonyl (C=O) groups excluding carboxylic acids is 2. The summed E-state index contributed by atoms with van der Waals surface area (Å²) < 4.78 is 51.0. The number of nitrogens with zero attached hydrogens (tertiary/aromatic N) is 3. The molecule has 3 N–H and O–H groups in total. The number of rotatable bonds is 7. The van der Waals surface area contributed by atoms with Crippen LogP contribution in [0.25, 0.3) is 0 Å². The van der Waals surface area contributed by atoms with E-state index >= 15 is 0 Å². The number of ether oxygens (including phenoxy) is 2. The minimum Gasteiger partial charge on any atom is -0.375 e. The Bertz CT molecular complexity index is 1080. The molecule has 1 aromatic carbocycles. The van der Waals surface area contributed by atoms with Crippen LogP contribution in [-0.4, -0.2) is 72.7 Å². The van der Waals surface area contributed by atoms with Gasteiger partial charge in [-0.15, -0.1) is 0 Å². The van der Waals surface area contributed by atoms with Crippen molar-refractivity contribution in [3.05, 3.63) is 35.5 Å². The second-order valence-corrected chi connectivity index (χ2v) is 7.82. The van der Waals surface area contributed by atoms with Gasteiger partial charge in [0.2, 0.25) is 17.8 Å². The minimum absolute atomic E-state index is 0.00290. The van der Waals surface area contributed by atoms with Gasteiger partial charge in [-0.3, -0.25) is 9.59 Å². The molecule has 1 unspecified atom stereocenters. The van der Waals surface area contributed by atoms with Crippen molar-refractivity contribution >= 4 is 35.0 Å². The number of amides is 2. The highest BCUT2D eigenvalue weighted by molar-refractivity contribution is 5.99. The number of alkyl halides is 3. The van der Waals surface area contributed by atoms with Crippen LogP contribution in [0.5, 0.6) is 0 Å². The molecule has 4 rings (SSSR count). The predicted molar refractivity (Wildman–Crippen MR) is 116 cm³/mol. The van der Waals surface area contributed by atoms with Crippen molar-refractivity contribution < 1.29 is 32.2 Å². The SMILES string of the molecule is COCC(=O)N1CCOC(CNc2nc(Nc3ccc4c(c3)CC(=O)N4)ncc2C(F)(F)F)C1. The fraction of sp³-hybridized carbons (Fsp3) is 0.429. The molecule has 13 heteroatoms. The maximum Gasteiger partial charge on any atom is 0.421 e. The summed E-state index contributed by atoms with van der Waals surface area (Å²) in [5, 5.41) is 8.28. The molecular weight excluding hydrogens is 457 g/mol. The lowest BCUT2D eigenvalue weighted by atomic mass is 10.1. The Hall–Kier alpha value is -3.45. The number of benzene rings is 1. The van der Waals surface area contributed by atoms with Crippen LogP contribution >= 0.6 is 0 Å². The molecule has 1 atom stereocenters. The molecule has 10 nitrogen and oxygen atoms in total. The van der Waals surface area contributed by atoms with E-state index in [1.54, 1.807) is 23.1 Å². The van der Waals surface area contributed by atoms with Crippen LogP contribution in [-0.2, 0) is 31.7 Å². The van der Waals surface area contributed by atoms with E-state index in [1.807, 2.05) is 0 Å². The van der Waals surface area contributed by atoms with Gasteiger partial charge in [-0.2, -0.15) is 18.2 Å². The molecule has 2 aromatic rings. The lowest BCUT2D eigenvalue weighted by Gasteiger charge is -2.33. The van der Waals surface area contributed by atoms with E-state index in [1.165, 1.54) is 7.11 Å². The van der Waals surface area contributed by atoms with Crippen LogP contribution < -0.4 is 16.0 Å². The Morgan fingerprint density at radius 1 is 1.38 bits per heavy atom. The lowest BCUT2D eigenvalue weighted by molar-refractivity contribution is -0.142. The van der Waals surface area contributed by atoms with Crippen molar-refractivity contribution in [2.45, 2.75) is 18.7 Å². The van der Waals surface area contributed by atoms with Crippen molar-refractivity contribution in [3.8, 4) is 0 Å². The number of aromatic nitrogens is 2. The summed E-state index contributed by atoms with van der Waals surface area (Å²) in [5.41, 5.74) is 0.966. The Balaban J connectivity index is 1.47. The Morgan fingerprint density at radius 2 is 2.21 bits per heavy atom. The second-order valence-electron chi connectivity index (χ2n) is 7.82. The number of hydrogen-bond donors (Lipinski definition) is 3. The molecule has 182 valence electrons. The summed E-state index contributed by atoms with van der Waals surface area (Å²) in [6, 6.07) is 5.08. The van der Waals surface area contributed by atoms with Gasteiger partial charge >= 0.3 is 6.18 Å². The minimum atomic E-state index is -4.67. The number of anilines is 4. The van der Waals surface area contributed by atoms with E-state index in [-0.39, 0.29) is 50.5 Å². The van der Waals surface area contributed by atoms with Crippen LogP contribution in [0.2, 0.25) is 0 Å². The fourth-order valence-corrected chi connectivity index (χ4v) is 3.72. The molecule has 2 aliphatic heterocycles. The molecule has 1 saturated heterocycles. The van der Waals surface area contributed by atoms with Crippen LogP contribution in [0.1, 0.15) is 11.1 Å². The smallest absolute Gasteiger partial charge is 0.375 e. The number of carbonyl (C=O) groups is 2. The van der Waals surface area contributed by atoms with Crippen LogP contribution in [0.4, 0.5) is 36.3 Å². The average Bonchev–Trinajstić information content (AvgIpc) is 3.16. The maximum absolute atomic E-state index is 13.5. The third-order valence-electron chi connectivity index (χ3n) is 5.34. The number of halogens is 3. The summed E-state index contributed by atoms with van der Waals surface area (Å²) in [6.45, 7) is 0.792. The normalized spacial score (nSPS) is 17.8. The topological polar surface area (TPSA) is 118 Å². The zero-order valence-corrected chi connectivity index (χ0v) is 18.2.